The fourth-order valence-corrected chi connectivity index (χ4v) is 2.45. The second kappa shape index (κ2) is 7.14. The van der Waals surface area contributed by atoms with E-state index in [0.717, 1.165) is 18.6 Å². The quantitative estimate of drug-likeness (QED) is 0.726. The van der Waals surface area contributed by atoms with E-state index >= 15 is 0 Å². The molecule has 1 saturated carbocycles. The van der Waals surface area contributed by atoms with Crippen molar-refractivity contribution in [2.75, 3.05) is 13.2 Å². The maximum absolute atomic E-state index is 11.9. The fourth-order valence-electron chi connectivity index (χ4n) is 2.33. The van der Waals surface area contributed by atoms with Crippen LogP contribution in [0.25, 0.3) is 0 Å². The number of aliphatic hydroxyl groups excluding tert-OH is 1. The highest BCUT2D eigenvalue weighted by Crippen LogP contribution is 2.39. The van der Waals surface area contributed by atoms with Gasteiger partial charge in [0.2, 0.25) is 5.91 Å². The van der Waals surface area contributed by atoms with Gasteiger partial charge >= 0.3 is 0 Å². The second-order valence-corrected chi connectivity index (χ2v) is 6.24. The molecule has 1 amide bonds. The zero-order valence-electron chi connectivity index (χ0n) is 12.3. The molecule has 1 atom stereocenters. The Bertz CT molecular complexity index is 473. The third kappa shape index (κ3) is 4.90. The molecule has 2 N–H and O–H groups in total. The van der Waals surface area contributed by atoms with Crippen molar-refractivity contribution in [1.29, 1.82) is 0 Å². The molecule has 1 fully saturated rings. The van der Waals surface area contributed by atoms with Crippen molar-refractivity contribution < 1.29 is 14.6 Å². The lowest BCUT2D eigenvalue weighted by Crippen LogP contribution is -2.50. The first-order valence-corrected chi connectivity index (χ1v) is 7.71. The Morgan fingerprint density at radius 3 is 2.67 bits per heavy atom. The number of hydrogen-bond acceptors (Lipinski definition) is 3. The normalized spacial score (nSPS) is 17.1. The second-order valence-electron chi connectivity index (χ2n) is 5.80. The van der Waals surface area contributed by atoms with Gasteiger partial charge in [-0.15, -0.1) is 0 Å². The highest BCUT2D eigenvalue weighted by atomic mass is 35.5. The minimum absolute atomic E-state index is 0.00924. The summed E-state index contributed by atoms with van der Waals surface area (Å²) in [6.45, 7) is 2.38. The Morgan fingerprint density at radius 1 is 1.43 bits per heavy atom. The number of amides is 1. The molecule has 0 saturated heterocycles. The van der Waals surface area contributed by atoms with E-state index in [-0.39, 0.29) is 12.5 Å². The maximum atomic E-state index is 11.9. The zero-order chi connectivity index (χ0) is 15.3. The van der Waals surface area contributed by atoms with Gasteiger partial charge in [-0.2, -0.15) is 0 Å². The van der Waals surface area contributed by atoms with E-state index in [2.05, 4.69) is 5.32 Å². The van der Waals surface area contributed by atoms with Crippen molar-refractivity contribution in [3.05, 3.63) is 29.3 Å². The fraction of sp³-hybridized carbons (Fsp3) is 0.562. The van der Waals surface area contributed by atoms with Gasteiger partial charge in [-0.05, 0) is 56.4 Å². The summed E-state index contributed by atoms with van der Waals surface area (Å²) in [5.74, 6) is 1.13. The average molecular weight is 312 g/mol. The van der Waals surface area contributed by atoms with E-state index < -0.39 is 5.54 Å². The van der Waals surface area contributed by atoms with Crippen molar-refractivity contribution in [3.63, 3.8) is 0 Å². The Morgan fingerprint density at radius 2 is 2.10 bits per heavy atom. The van der Waals surface area contributed by atoms with E-state index in [1.165, 1.54) is 0 Å². The van der Waals surface area contributed by atoms with Gasteiger partial charge in [0.1, 0.15) is 5.75 Å². The van der Waals surface area contributed by atoms with Gasteiger partial charge < -0.3 is 15.2 Å². The average Bonchev–Trinajstić information content (AvgIpc) is 3.30. The number of aliphatic hydroxyl groups is 1. The Kier molecular flexibility index (Phi) is 5.48. The molecule has 0 spiro atoms. The number of rotatable bonds is 8. The van der Waals surface area contributed by atoms with Crippen LogP contribution >= 0.6 is 11.6 Å². The SMILES string of the molecule is CC(CO)(NC(=O)CCCOc1ccc(Cl)cc1)C1CC1. The van der Waals surface area contributed by atoms with E-state index in [4.69, 9.17) is 16.3 Å². The summed E-state index contributed by atoms with van der Waals surface area (Å²) in [7, 11) is 0. The Hall–Kier alpha value is -1.26. The van der Waals surface area contributed by atoms with Gasteiger partial charge in [-0.25, -0.2) is 0 Å². The van der Waals surface area contributed by atoms with E-state index in [1.54, 1.807) is 24.3 Å². The summed E-state index contributed by atoms with van der Waals surface area (Å²) in [6.07, 6.45) is 3.20. The number of halogens is 1. The zero-order valence-corrected chi connectivity index (χ0v) is 13.0. The minimum atomic E-state index is -0.464. The lowest BCUT2D eigenvalue weighted by atomic mass is 9.96. The maximum Gasteiger partial charge on any atom is 0.220 e. The van der Waals surface area contributed by atoms with Gasteiger partial charge in [-0.3, -0.25) is 4.79 Å². The highest BCUT2D eigenvalue weighted by Gasteiger charge is 2.41. The van der Waals surface area contributed by atoms with Crippen LogP contribution < -0.4 is 10.1 Å². The Labute approximate surface area is 130 Å². The van der Waals surface area contributed by atoms with Crippen LogP contribution in [-0.4, -0.2) is 29.8 Å². The van der Waals surface area contributed by atoms with Gasteiger partial charge in [0.05, 0.1) is 18.8 Å². The van der Waals surface area contributed by atoms with E-state index in [1.807, 2.05) is 6.92 Å². The first-order valence-electron chi connectivity index (χ1n) is 7.34. The van der Waals surface area contributed by atoms with Crippen LogP contribution in [0, 0.1) is 5.92 Å². The smallest absolute Gasteiger partial charge is 0.220 e. The molecular weight excluding hydrogens is 290 g/mol. The van der Waals surface area contributed by atoms with Gasteiger partial charge in [-0.1, -0.05) is 11.6 Å². The Balaban J connectivity index is 1.66. The summed E-state index contributed by atoms with van der Waals surface area (Å²) in [5, 5.41) is 13.1. The first-order chi connectivity index (χ1) is 10.0. The van der Waals surface area contributed by atoms with Gasteiger partial charge in [0.25, 0.3) is 0 Å². The van der Waals surface area contributed by atoms with Crippen molar-refractivity contribution >= 4 is 17.5 Å². The predicted octanol–water partition coefficient (Wildman–Crippen LogP) is 2.78. The van der Waals surface area contributed by atoms with E-state index in [9.17, 15) is 9.90 Å². The van der Waals surface area contributed by atoms with Gasteiger partial charge in [0, 0.05) is 11.4 Å². The third-order valence-electron chi connectivity index (χ3n) is 3.86. The summed E-state index contributed by atoms with van der Waals surface area (Å²) in [5.41, 5.74) is -0.464. The minimum Gasteiger partial charge on any atom is -0.494 e. The van der Waals surface area contributed by atoms with Crippen LogP contribution in [0.2, 0.25) is 5.02 Å². The molecule has 0 radical (unpaired) electrons. The van der Waals surface area contributed by atoms with Crippen molar-refractivity contribution in [3.8, 4) is 5.75 Å². The van der Waals surface area contributed by atoms with Crippen LogP contribution in [0.15, 0.2) is 24.3 Å². The molecule has 0 aliphatic heterocycles. The number of nitrogens with one attached hydrogen (secondary N) is 1. The third-order valence-corrected chi connectivity index (χ3v) is 4.11. The molecule has 2 rings (SSSR count). The number of ether oxygens (including phenoxy) is 1. The molecule has 1 aromatic carbocycles. The number of hydrogen-bond donors (Lipinski definition) is 2. The van der Waals surface area contributed by atoms with Crippen LogP contribution in [-0.2, 0) is 4.79 Å². The van der Waals surface area contributed by atoms with Crippen LogP contribution in [0.5, 0.6) is 5.75 Å². The molecule has 0 bridgehead atoms. The molecule has 1 unspecified atom stereocenters. The standard InChI is InChI=1S/C16H22ClNO3/c1-16(11-19,12-4-5-12)18-15(20)3-2-10-21-14-8-6-13(17)7-9-14/h6-9,12,19H,2-5,10-11H2,1H3,(H,18,20). The lowest BCUT2D eigenvalue weighted by molar-refractivity contribution is -0.124. The summed E-state index contributed by atoms with van der Waals surface area (Å²) in [4.78, 5) is 11.9. The number of carbonyl (C=O) groups excluding carboxylic acids is 1. The number of carbonyl (C=O) groups is 1. The molecule has 21 heavy (non-hydrogen) atoms. The van der Waals surface area contributed by atoms with Crippen molar-refractivity contribution in [2.45, 2.75) is 38.1 Å². The highest BCUT2D eigenvalue weighted by molar-refractivity contribution is 6.30. The molecule has 1 aromatic rings. The van der Waals surface area contributed by atoms with Crippen LogP contribution in [0.1, 0.15) is 32.6 Å². The van der Waals surface area contributed by atoms with Crippen molar-refractivity contribution in [2.24, 2.45) is 5.92 Å². The largest absolute Gasteiger partial charge is 0.494 e. The van der Waals surface area contributed by atoms with E-state index in [0.29, 0.717) is 30.4 Å². The monoisotopic (exact) mass is 311 g/mol. The van der Waals surface area contributed by atoms with Crippen LogP contribution in [0.3, 0.4) is 0 Å². The summed E-state index contributed by atoms with van der Waals surface area (Å²) in [6, 6.07) is 7.15. The predicted molar refractivity (Wildman–Crippen MR) is 82.5 cm³/mol. The molecule has 4 nitrogen and oxygen atoms in total. The first kappa shape index (κ1) is 16.1. The molecule has 0 aromatic heterocycles. The van der Waals surface area contributed by atoms with Crippen LogP contribution in [0.4, 0.5) is 0 Å². The molecule has 1 aliphatic rings. The molecular formula is C16H22ClNO3. The molecule has 5 heteroatoms. The molecule has 1 aliphatic carbocycles. The number of benzene rings is 1. The van der Waals surface area contributed by atoms with Crippen molar-refractivity contribution in [1.82, 2.24) is 5.32 Å². The lowest BCUT2D eigenvalue weighted by Gasteiger charge is -2.28. The molecule has 116 valence electrons. The van der Waals surface area contributed by atoms with Gasteiger partial charge in [0.15, 0.2) is 0 Å². The topological polar surface area (TPSA) is 58.6 Å². The summed E-state index contributed by atoms with van der Waals surface area (Å²) >= 11 is 5.79. The summed E-state index contributed by atoms with van der Waals surface area (Å²) < 4.78 is 5.54. The molecule has 0 heterocycles.